The molecule has 0 bridgehead atoms. The molecule has 0 aromatic rings. The molecular weight excluding hydrogens is 396 g/mol. The Balaban J connectivity index is 4.80. The largest absolute Gasteiger partial charge is 0.481 e. The van der Waals surface area contributed by atoms with Crippen molar-refractivity contribution in [2.75, 3.05) is 18.6 Å². The third-order valence-corrected chi connectivity index (χ3v) is 4.15. The van der Waals surface area contributed by atoms with E-state index in [4.69, 9.17) is 15.9 Å². The minimum absolute atomic E-state index is 0.186. The van der Waals surface area contributed by atoms with Crippen molar-refractivity contribution in [2.45, 2.75) is 44.0 Å². The van der Waals surface area contributed by atoms with Crippen LogP contribution in [0, 0.1) is 0 Å². The van der Waals surface area contributed by atoms with Gasteiger partial charge in [0.2, 0.25) is 17.7 Å². The number of nitrogens with two attached hydrogens (primary N) is 1. The Morgan fingerprint density at radius 1 is 1.04 bits per heavy atom. The molecule has 13 heteroatoms. The Bertz CT molecular complexity index is 586. The minimum atomic E-state index is -1.53. The van der Waals surface area contributed by atoms with Crippen LogP contribution >= 0.6 is 11.8 Å². The second kappa shape index (κ2) is 12.9. The second-order valence-corrected chi connectivity index (χ2v) is 6.87. The molecule has 0 aliphatic heterocycles. The molecule has 0 aromatic heterocycles. The molecule has 0 fully saturated rings. The van der Waals surface area contributed by atoms with E-state index < -0.39 is 66.9 Å². The molecule has 0 aromatic carbocycles. The van der Waals surface area contributed by atoms with Gasteiger partial charge in [-0.05, 0) is 25.4 Å². The Hall–Kier alpha value is -2.38. The molecular formula is C15H26N4O8S. The standard InChI is InChI=1S/C15H26N4O8S/c1-7(20)12(16)14(25)19-9(5-11(22)23)13(24)17-6-10(21)18-8(15(26)27)3-4-28-2/h7-9,12,20H,3-6,16H2,1-2H3,(H,17,24)(H,18,21)(H,19,25)(H,22,23)(H,26,27). The molecule has 8 N–H and O–H groups in total. The number of hydrogen-bond donors (Lipinski definition) is 7. The SMILES string of the molecule is CSCCC(NC(=O)CNC(=O)C(CC(=O)O)NC(=O)C(N)C(C)O)C(=O)O. The van der Waals surface area contributed by atoms with Gasteiger partial charge in [0.25, 0.3) is 0 Å². The number of carbonyl (C=O) groups is 5. The van der Waals surface area contributed by atoms with E-state index in [0.717, 1.165) is 0 Å². The van der Waals surface area contributed by atoms with Crippen LogP contribution in [0.3, 0.4) is 0 Å². The number of amides is 3. The molecule has 0 saturated carbocycles. The van der Waals surface area contributed by atoms with Crippen molar-refractivity contribution >= 4 is 41.4 Å². The number of carbonyl (C=O) groups excluding carboxylic acids is 3. The van der Waals surface area contributed by atoms with E-state index in [-0.39, 0.29) is 6.42 Å². The van der Waals surface area contributed by atoms with Gasteiger partial charge in [-0.2, -0.15) is 11.8 Å². The maximum atomic E-state index is 12.1. The maximum Gasteiger partial charge on any atom is 0.326 e. The van der Waals surface area contributed by atoms with Crippen molar-refractivity contribution < 1.29 is 39.3 Å². The number of rotatable bonds is 13. The lowest BCUT2D eigenvalue weighted by Crippen LogP contribution is -2.56. The summed E-state index contributed by atoms with van der Waals surface area (Å²) in [6.45, 7) is 0.632. The smallest absolute Gasteiger partial charge is 0.326 e. The number of thioether (sulfide) groups is 1. The fraction of sp³-hybridized carbons (Fsp3) is 0.667. The van der Waals surface area contributed by atoms with Gasteiger partial charge in [-0.25, -0.2) is 4.79 Å². The topological polar surface area (TPSA) is 208 Å². The number of hydrogen-bond acceptors (Lipinski definition) is 8. The first-order chi connectivity index (χ1) is 13.0. The Kier molecular flexibility index (Phi) is 11.8. The highest BCUT2D eigenvalue weighted by molar-refractivity contribution is 7.98. The molecule has 4 unspecified atom stereocenters. The molecule has 0 spiro atoms. The molecule has 0 heterocycles. The highest BCUT2D eigenvalue weighted by Crippen LogP contribution is 2.01. The van der Waals surface area contributed by atoms with Gasteiger partial charge >= 0.3 is 11.9 Å². The van der Waals surface area contributed by atoms with Crippen molar-refractivity contribution in [3.63, 3.8) is 0 Å². The molecule has 0 radical (unpaired) electrons. The van der Waals surface area contributed by atoms with Gasteiger partial charge < -0.3 is 37.0 Å². The van der Waals surface area contributed by atoms with Crippen molar-refractivity contribution in [1.82, 2.24) is 16.0 Å². The zero-order valence-corrected chi connectivity index (χ0v) is 16.3. The van der Waals surface area contributed by atoms with Gasteiger partial charge in [0, 0.05) is 0 Å². The molecule has 28 heavy (non-hydrogen) atoms. The van der Waals surface area contributed by atoms with Crippen LogP contribution in [-0.4, -0.2) is 87.8 Å². The van der Waals surface area contributed by atoms with E-state index in [1.807, 2.05) is 0 Å². The van der Waals surface area contributed by atoms with Crippen LogP contribution in [0.1, 0.15) is 19.8 Å². The van der Waals surface area contributed by atoms with Gasteiger partial charge in [-0.1, -0.05) is 0 Å². The van der Waals surface area contributed by atoms with Gasteiger partial charge in [0.1, 0.15) is 18.1 Å². The van der Waals surface area contributed by atoms with E-state index in [9.17, 15) is 29.1 Å². The van der Waals surface area contributed by atoms with Gasteiger partial charge in [0.15, 0.2) is 0 Å². The van der Waals surface area contributed by atoms with Gasteiger partial charge in [0.05, 0.1) is 19.1 Å². The summed E-state index contributed by atoms with van der Waals surface area (Å²) in [5.74, 6) is -4.82. The van der Waals surface area contributed by atoms with Crippen LogP contribution in [0.5, 0.6) is 0 Å². The van der Waals surface area contributed by atoms with Crippen LogP contribution in [0.25, 0.3) is 0 Å². The average molecular weight is 422 g/mol. The molecule has 0 rings (SSSR count). The quantitative estimate of drug-likeness (QED) is 0.161. The second-order valence-electron chi connectivity index (χ2n) is 5.88. The van der Waals surface area contributed by atoms with E-state index in [1.54, 1.807) is 6.26 Å². The number of aliphatic hydroxyl groups excluding tert-OH is 1. The number of carboxylic acid groups (broad SMARTS) is 2. The zero-order valence-electron chi connectivity index (χ0n) is 15.5. The van der Waals surface area contributed by atoms with Crippen molar-refractivity contribution in [1.29, 1.82) is 0 Å². The Morgan fingerprint density at radius 2 is 1.64 bits per heavy atom. The highest BCUT2D eigenvalue weighted by Gasteiger charge is 2.28. The average Bonchev–Trinajstić information content (AvgIpc) is 2.60. The zero-order chi connectivity index (χ0) is 21.9. The first-order valence-corrected chi connectivity index (χ1v) is 9.63. The summed E-state index contributed by atoms with van der Waals surface area (Å²) in [7, 11) is 0. The summed E-state index contributed by atoms with van der Waals surface area (Å²) in [6.07, 6.45) is -0.0441. The number of carboxylic acids is 2. The lowest BCUT2D eigenvalue weighted by Gasteiger charge is -2.21. The third-order valence-electron chi connectivity index (χ3n) is 3.50. The van der Waals surface area contributed by atoms with E-state index in [1.165, 1.54) is 18.7 Å². The monoisotopic (exact) mass is 422 g/mol. The number of aliphatic carboxylic acids is 2. The summed E-state index contributed by atoms with van der Waals surface area (Å²) < 4.78 is 0. The van der Waals surface area contributed by atoms with E-state index in [2.05, 4.69) is 16.0 Å². The molecule has 0 saturated heterocycles. The summed E-state index contributed by atoms with van der Waals surface area (Å²) in [6, 6.07) is -4.04. The Labute approximate surface area is 165 Å². The van der Waals surface area contributed by atoms with Crippen molar-refractivity contribution in [2.24, 2.45) is 5.73 Å². The van der Waals surface area contributed by atoms with Crippen LogP contribution in [0.2, 0.25) is 0 Å². The summed E-state index contributed by atoms with van der Waals surface area (Å²) in [5, 5.41) is 33.7. The number of nitrogens with one attached hydrogen (secondary N) is 3. The lowest BCUT2D eigenvalue weighted by molar-refractivity contribution is -0.142. The Morgan fingerprint density at radius 3 is 2.11 bits per heavy atom. The fourth-order valence-corrected chi connectivity index (χ4v) is 2.37. The summed E-state index contributed by atoms with van der Waals surface area (Å²) >= 11 is 1.40. The molecule has 160 valence electrons. The van der Waals surface area contributed by atoms with Crippen LogP contribution < -0.4 is 21.7 Å². The predicted octanol–water partition coefficient (Wildman–Crippen LogP) is -2.91. The predicted molar refractivity (Wildman–Crippen MR) is 99.4 cm³/mol. The van der Waals surface area contributed by atoms with Crippen LogP contribution in [-0.2, 0) is 24.0 Å². The van der Waals surface area contributed by atoms with Crippen LogP contribution in [0.4, 0.5) is 0 Å². The first kappa shape index (κ1) is 25.6. The fourth-order valence-electron chi connectivity index (χ4n) is 1.90. The summed E-state index contributed by atoms with van der Waals surface area (Å²) in [5.41, 5.74) is 5.42. The van der Waals surface area contributed by atoms with Crippen molar-refractivity contribution in [3.8, 4) is 0 Å². The van der Waals surface area contributed by atoms with E-state index in [0.29, 0.717) is 5.75 Å². The van der Waals surface area contributed by atoms with Crippen LogP contribution in [0.15, 0.2) is 0 Å². The normalized spacial score (nSPS) is 14.9. The molecule has 3 amide bonds. The summed E-state index contributed by atoms with van der Waals surface area (Å²) in [4.78, 5) is 57.8. The lowest BCUT2D eigenvalue weighted by atomic mass is 10.1. The number of aliphatic hydroxyl groups is 1. The first-order valence-electron chi connectivity index (χ1n) is 8.24. The highest BCUT2D eigenvalue weighted by atomic mass is 32.2. The van der Waals surface area contributed by atoms with Crippen molar-refractivity contribution in [3.05, 3.63) is 0 Å². The molecule has 12 nitrogen and oxygen atoms in total. The minimum Gasteiger partial charge on any atom is -0.481 e. The van der Waals surface area contributed by atoms with Gasteiger partial charge in [-0.15, -0.1) is 0 Å². The van der Waals surface area contributed by atoms with Gasteiger partial charge in [-0.3, -0.25) is 19.2 Å². The van der Waals surface area contributed by atoms with E-state index >= 15 is 0 Å². The third kappa shape index (κ3) is 10.1. The molecule has 0 aliphatic rings. The molecule has 0 aliphatic carbocycles. The maximum absolute atomic E-state index is 12.1. The molecule has 4 atom stereocenters.